The summed E-state index contributed by atoms with van der Waals surface area (Å²) in [6.07, 6.45) is 2.61. The van der Waals surface area contributed by atoms with Gasteiger partial charge in [-0.3, -0.25) is 0 Å². The zero-order chi connectivity index (χ0) is 7.98. The second kappa shape index (κ2) is 5.03. The summed E-state index contributed by atoms with van der Waals surface area (Å²) in [4.78, 5) is 0. The van der Waals surface area contributed by atoms with Gasteiger partial charge in [0.15, 0.2) is 0 Å². The number of hydrogen-bond donors (Lipinski definition) is 1. The van der Waals surface area contributed by atoms with E-state index in [0.29, 0.717) is 0 Å². The predicted molar refractivity (Wildman–Crippen MR) is 43.6 cm³/mol. The minimum Gasteiger partial charge on any atom is -0.411 e. The standard InChI is InChI=1S/C8H15NO/c1-4-5-8(9-10)6-7(2)3/h10H,2,4-6H2,1,3H3/b9-8-. The topological polar surface area (TPSA) is 32.6 Å². The van der Waals surface area contributed by atoms with E-state index in [1.807, 2.05) is 6.92 Å². The minimum atomic E-state index is 0.727. The molecule has 0 amide bonds. The molecule has 0 aromatic rings. The van der Waals surface area contributed by atoms with Crippen LogP contribution in [0.15, 0.2) is 17.3 Å². The summed E-state index contributed by atoms with van der Waals surface area (Å²) in [5.74, 6) is 0. The summed E-state index contributed by atoms with van der Waals surface area (Å²) in [6, 6.07) is 0. The third kappa shape index (κ3) is 4.13. The van der Waals surface area contributed by atoms with Gasteiger partial charge < -0.3 is 5.21 Å². The molecule has 2 heteroatoms. The molecule has 0 heterocycles. The van der Waals surface area contributed by atoms with Gasteiger partial charge in [-0.1, -0.05) is 30.7 Å². The van der Waals surface area contributed by atoms with Gasteiger partial charge in [-0.15, -0.1) is 0 Å². The third-order valence-corrected chi connectivity index (χ3v) is 1.19. The first-order valence-corrected chi connectivity index (χ1v) is 3.54. The quantitative estimate of drug-likeness (QED) is 0.277. The van der Waals surface area contributed by atoms with Crippen LogP contribution >= 0.6 is 0 Å². The van der Waals surface area contributed by atoms with E-state index in [4.69, 9.17) is 5.21 Å². The van der Waals surface area contributed by atoms with E-state index in [9.17, 15) is 0 Å². The molecule has 0 radical (unpaired) electrons. The van der Waals surface area contributed by atoms with Crippen molar-refractivity contribution >= 4 is 5.71 Å². The average molecular weight is 141 g/mol. The van der Waals surface area contributed by atoms with Crippen molar-refractivity contribution in [3.05, 3.63) is 12.2 Å². The van der Waals surface area contributed by atoms with Crippen molar-refractivity contribution in [1.82, 2.24) is 0 Å². The molecule has 0 saturated carbocycles. The highest BCUT2D eigenvalue weighted by atomic mass is 16.4. The van der Waals surface area contributed by atoms with Crippen LogP contribution in [0.5, 0.6) is 0 Å². The first-order valence-electron chi connectivity index (χ1n) is 3.54. The zero-order valence-electron chi connectivity index (χ0n) is 6.72. The molecule has 0 aromatic carbocycles. The Morgan fingerprint density at radius 3 is 2.50 bits per heavy atom. The Bertz CT molecular complexity index is 138. The number of rotatable bonds is 4. The van der Waals surface area contributed by atoms with E-state index in [2.05, 4.69) is 18.7 Å². The summed E-state index contributed by atoms with van der Waals surface area (Å²) in [5.41, 5.74) is 1.87. The van der Waals surface area contributed by atoms with Gasteiger partial charge in [0.05, 0.1) is 5.71 Å². The van der Waals surface area contributed by atoms with Crippen molar-refractivity contribution in [2.24, 2.45) is 5.16 Å². The van der Waals surface area contributed by atoms with Gasteiger partial charge in [0.2, 0.25) is 0 Å². The SMILES string of the molecule is C=C(C)C/C(CCC)=N\O. The second-order valence-electron chi connectivity index (χ2n) is 2.55. The molecular formula is C8H15NO. The van der Waals surface area contributed by atoms with Crippen molar-refractivity contribution in [3.63, 3.8) is 0 Å². The van der Waals surface area contributed by atoms with Crippen molar-refractivity contribution in [2.75, 3.05) is 0 Å². The van der Waals surface area contributed by atoms with Gasteiger partial charge in [0, 0.05) is 6.42 Å². The van der Waals surface area contributed by atoms with E-state index >= 15 is 0 Å². The second-order valence-corrected chi connectivity index (χ2v) is 2.55. The van der Waals surface area contributed by atoms with Crippen molar-refractivity contribution < 1.29 is 5.21 Å². The van der Waals surface area contributed by atoms with E-state index in [1.54, 1.807) is 0 Å². The first kappa shape index (κ1) is 9.21. The molecule has 0 fully saturated rings. The third-order valence-electron chi connectivity index (χ3n) is 1.19. The maximum atomic E-state index is 8.45. The number of hydrogen-bond acceptors (Lipinski definition) is 2. The van der Waals surface area contributed by atoms with E-state index in [-0.39, 0.29) is 0 Å². The average Bonchev–Trinajstić information content (AvgIpc) is 1.86. The number of oxime groups is 1. The largest absolute Gasteiger partial charge is 0.411 e. The smallest absolute Gasteiger partial charge is 0.0610 e. The van der Waals surface area contributed by atoms with E-state index < -0.39 is 0 Å². The molecule has 0 aliphatic heterocycles. The van der Waals surface area contributed by atoms with Crippen LogP contribution in [0.1, 0.15) is 33.1 Å². The Balaban J connectivity index is 3.73. The maximum Gasteiger partial charge on any atom is 0.0610 e. The van der Waals surface area contributed by atoms with Crippen molar-refractivity contribution in [1.29, 1.82) is 0 Å². The van der Waals surface area contributed by atoms with Gasteiger partial charge in [0.1, 0.15) is 0 Å². The van der Waals surface area contributed by atoms with Crippen LogP contribution in [0.4, 0.5) is 0 Å². The molecule has 0 aliphatic rings. The van der Waals surface area contributed by atoms with Crippen LogP contribution in [0.25, 0.3) is 0 Å². The van der Waals surface area contributed by atoms with Crippen LogP contribution in [0.3, 0.4) is 0 Å². The van der Waals surface area contributed by atoms with E-state index in [0.717, 1.165) is 30.5 Å². The Labute approximate surface area is 62.2 Å². The van der Waals surface area contributed by atoms with Crippen LogP contribution in [0, 0.1) is 0 Å². The molecule has 10 heavy (non-hydrogen) atoms. The molecule has 0 aliphatic carbocycles. The Morgan fingerprint density at radius 2 is 2.20 bits per heavy atom. The fraction of sp³-hybridized carbons (Fsp3) is 0.625. The fourth-order valence-corrected chi connectivity index (χ4v) is 0.811. The lowest BCUT2D eigenvalue weighted by atomic mass is 10.1. The summed E-state index contributed by atoms with van der Waals surface area (Å²) in [5, 5.41) is 11.6. The minimum absolute atomic E-state index is 0.727. The summed E-state index contributed by atoms with van der Waals surface area (Å²) < 4.78 is 0. The number of nitrogens with zero attached hydrogens (tertiary/aromatic N) is 1. The van der Waals surface area contributed by atoms with E-state index in [1.165, 1.54) is 0 Å². The molecule has 0 saturated heterocycles. The van der Waals surface area contributed by atoms with Gasteiger partial charge in [-0.25, -0.2) is 0 Å². The molecular weight excluding hydrogens is 126 g/mol. The molecule has 2 nitrogen and oxygen atoms in total. The Kier molecular flexibility index (Phi) is 4.63. The summed E-state index contributed by atoms with van der Waals surface area (Å²) in [7, 11) is 0. The molecule has 0 bridgehead atoms. The van der Waals surface area contributed by atoms with Crippen molar-refractivity contribution in [2.45, 2.75) is 33.1 Å². The fourth-order valence-electron chi connectivity index (χ4n) is 0.811. The highest BCUT2D eigenvalue weighted by Crippen LogP contribution is 2.03. The highest BCUT2D eigenvalue weighted by Gasteiger charge is 1.97. The normalized spacial score (nSPS) is 11.6. The Hall–Kier alpha value is -0.790. The number of allylic oxidation sites excluding steroid dienone is 1. The van der Waals surface area contributed by atoms with Gasteiger partial charge in [-0.2, -0.15) is 0 Å². The lowest BCUT2D eigenvalue weighted by molar-refractivity contribution is 0.316. The summed E-state index contributed by atoms with van der Waals surface area (Å²) in [6.45, 7) is 7.72. The van der Waals surface area contributed by atoms with Gasteiger partial charge in [0.25, 0.3) is 0 Å². The molecule has 0 unspecified atom stereocenters. The van der Waals surface area contributed by atoms with Crippen LogP contribution in [-0.2, 0) is 0 Å². The molecule has 0 spiro atoms. The monoisotopic (exact) mass is 141 g/mol. The molecule has 0 atom stereocenters. The van der Waals surface area contributed by atoms with Gasteiger partial charge >= 0.3 is 0 Å². The van der Waals surface area contributed by atoms with Crippen LogP contribution < -0.4 is 0 Å². The molecule has 0 aromatic heterocycles. The lowest BCUT2D eigenvalue weighted by Gasteiger charge is -1.99. The maximum absolute atomic E-state index is 8.45. The molecule has 58 valence electrons. The van der Waals surface area contributed by atoms with Crippen molar-refractivity contribution in [3.8, 4) is 0 Å². The predicted octanol–water partition coefficient (Wildman–Crippen LogP) is 2.58. The van der Waals surface area contributed by atoms with Crippen LogP contribution in [-0.4, -0.2) is 10.9 Å². The Morgan fingerprint density at radius 1 is 1.60 bits per heavy atom. The van der Waals surface area contributed by atoms with Crippen LogP contribution in [0.2, 0.25) is 0 Å². The molecule has 0 rings (SSSR count). The zero-order valence-corrected chi connectivity index (χ0v) is 6.72. The first-order chi connectivity index (χ1) is 4.70. The van der Waals surface area contributed by atoms with Gasteiger partial charge in [-0.05, 0) is 13.3 Å². The molecule has 1 N–H and O–H groups in total. The lowest BCUT2D eigenvalue weighted by Crippen LogP contribution is -1.97. The highest BCUT2D eigenvalue weighted by molar-refractivity contribution is 5.85. The summed E-state index contributed by atoms with van der Waals surface area (Å²) >= 11 is 0.